The standard InChI is InChI=1S/C7H10O3.C7H12O3.C6H8O3.2C6H10O3.C5H8O4.C5H8O3.2C5H6O3.C5H8O3.C4H6O3.C3H4O3/c1-5(8)7(6(9)10)3-2-4-7;1-6(8)4-2-3-5-7(9)10;1-4(7)6(2-3-6)5(8)9;1-4(7)6(2,3)5(8)9;1-5(7)3-2-4-6(8)9;1-3(6)4(7)2-5(8)9;3*1-4(6)2-3-5(7)8;1-3(4(2)6)5(7)8;1-3(5)2-4(6)7;1-2(4)3(5)6/h2-4H2,1H3,(H,9,10);2-5H2,1H3,(H,9,10);2-3H2,1H3,(H,8,9);1-3H3,(H,8,9);2-4H2,1H3,(H,8,9);4,7H,2H2,1H3,(H,8,9);2-3H2,1H3,(H,7,8);2*2-3H,1H3,(H,7,8);3H,1-2H3,(H,7,8);2H2,1H3,(H,6,7);1H3,(H,5,6)/b;;;;;;;3-2+;3-2-;;;. The molecule has 2 fully saturated rings. The third-order valence-electron chi connectivity index (χ3n) is 11.8. The summed E-state index contributed by atoms with van der Waals surface area (Å²) in [4.78, 5) is 241. The predicted molar refractivity (Wildman–Crippen MR) is 346 cm³/mol. The van der Waals surface area contributed by atoms with Gasteiger partial charge in [0, 0.05) is 51.2 Å². The van der Waals surface area contributed by atoms with Crippen LogP contribution < -0.4 is 0 Å². The van der Waals surface area contributed by atoms with Crippen LogP contribution in [0.1, 0.15) is 207 Å². The molecular formula is C64H96O37. The monoisotopic (exact) mass is 1460 g/mol. The van der Waals surface area contributed by atoms with Crippen LogP contribution in [0, 0.1) is 22.2 Å². The Kier molecular flexibility index (Phi) is 69.1. The van der Waals surface area contributed by atoms with E-state index in [0.717, 1.165) is 44.6 Å². The molecule has 2 atom stereocenters. The molecule has 37 heteroatoms. The van der Waals surface area contributed by atoms with E-state index in [0.29, 0.717) is 57.8 Å². The quantitative estimate of drug-likeness (QED) is 0.0206. The number of hydrogen-bond acceptors (Lipinski definition) is 25. The fourth-order valence-electron chi connectivity index (χ4n) is 4.73. The lowest BCUT2D eigenvalue weighted by molar-refractivity contribution is -0.160. The molecule has 0 heterocycles. The average Bonchev–Trinajstić information content (AvgIpc) is 1.74. The number of Topliss-reactive ketones (excluding diaryl/α,β-unsaturated/α-hetero) is 10. The van der Waals surface area contributed by atoms with Gasteiger partial charge in [-0.25, -0.2) is 14.4 Å². The van der Waals surface area contributed by atoms with E-state index in [1.165, 1.54) is 90.0 Å². The van der Waals surface area contributed by atoms with Gasteiger partial charge in [-0.15, -0.1) is 0 Å². The Bertz CT molecular complexity index is 2700. The highest BCUT2D eigenvalue weighted by Gasteiger charge is 2.54. The molecule has 37 nitrogen and oxygen atoms in total. The molecule has 0 aromatic rings. The second-order valence-electron chi connectivity index (χ2n) is 21.7. The first-order valence-corrected chi connectivity index (χ1v) is 29.4. The Labute approximate surface area is 580 Å². The van der Waals surface area contributed by atoms with Crippen molar-refractivity contribution in [3.63, 3.8) is 0 Å². The molecule has 0 aliphatic heterocycles. The molecule has 0 aromatic heterocycles. The lowest BCUT2D eigenvalue weighted by Gasteiger charge is -2.34. The second kappa shape index (κ2) is 62.6. The van der Waals surface area contributed by atoms with E-state index in [2.05, 4.69) is 0 Å². The first kappa shape index (κ1) is 112. The van der Waals surface area contributed by atoms with Crippen molar-refractivity contribution in [1.29, 1.82) is 0 Å². The third-order valence-corrected chi connectivity index (χ3v) is 11.8. The molecule has 0 radical (unpaired) electrons. The number of unbranched alkanes of at least 4 members (excludes halogenated alkanes) is 1. The summed E-state index contributed by atoms with van der Waals surface area (Å²) < 4.78 is 0. The Morgan fingerprint density at radius 1 is 0.386 bits per heavy atom. The molecule has 2 saturated carbocycles. The van der Waals surface area contributed by atoms with Crippen molar-refractivity contribution in [2.75, 3.05) is 0 Å². The number of aliphatic carboxylic acids is 12. The van der Waals surface area contributed by atoms with E-state index in [9.17, 15) is 115 Å². The van der Waals surface area contributed by atoms with Gasteiger partial charge in [-0.05, 0) is 154 Å². The van der Waals surface area contributed by atoms with Crippen molar-refractivity contribution in [2.45, 2.75) is 213 Å². The van der Waals surface area contributed by atoms with Gasteiger partial charge in [0.2, 0.25) is 5.78 Å². The number of carbonyl (C=O) groups excluding carboxylic acids is 12. The number of carbonyl (C=O) groups is 24. The molecule has 0 aromatic carbocycles. The fourth-order valence-corrected chi connectivity index (χ4v) is 4.73. The smallest absolute Gasteiger partial charge is 0.371 e. The number of rotatable bonds is 30. The molecule has 0 bridgehead atoms. The van der Waals surface area contributed by atoms with E-state index in [1.807, 2.05) is 0 Å². The van der Waals surface area contributed by atoms with E-state index in [1.54, 1.807) is 0 Å². The van der Waals surface area contributed by atoms with Crippen LogP contribution in [0.15, 0.2) is 24.3 Å². The molecule has 2 aliphatic rings. The number of carboxylic acids is 12. The summed E-state index contributed by atoms with van der Waals surface area (Å²) in [5.74, 6) is -16.4. The molecule has 2 unspecified atom stereocenters. The SMILES string of the molecule is CC(=O)/C=C/C(=O)O.CC(=O)/C=C\C(=O)O.CC(=O)C(=O)O.CC(=O)C(C)(C)C(=O)O.CC(=O)C(C)C(=O)O.CC(=O)C(O)CC(=O)O.CC(=O)C1(C(=O)O)CC1.CC(=O)C1(C(=O)O)CCC1.CC(=O)CC(=O)O.CC(=O)CCC(=O)O.CC(=O)CCCC(=O)O.CC(=O)CCCCC(=O)O. The van der Waals surface area contributed by atoms with Gasteiger partial charge in [0.05, 0.1) is 12.8 Å². The summed E-state index contributed by atoms with van der Waals surface area (Å²) in [6.45, 7) is 19.7. The van der Waals surface area contributed by atoms with Gasteiger partial charge in [0.15, 0.2) is 17.3 Å². The summed E-state index contributed by atoms with van der Waals surface area (Å²) >= 11 is 0. The minimum Gasteiger partial charge on any atom is -0.481 e. The third kappa shape index (κ3) is 83.3. The van der Waals surface area contributed by atoms with Crippen LogP contribution in [-0.2, 0) is 115 Å². The van der Waals surface area contributed by atoms with Crippen molar-refractivity contribution in [2.24, 2.45) is 22.2 Å². The van der Waals surface area contributed by atoms with Crippen LogP contribution in [0.5, 0.6) is 0 Å². The maximum atomic E-state index is 10.8. The van der Waals surface area contributed by atoms with Crippen LogP contribution in [0.25, 0.3) is 0 Å². The zero-order valence-electron chi connectivity index (χ0n) is 58.9. The van der Waals surface area contributed by atoms with Gasteiger partial charge in [-0.1, -0.05) is 6.42 Å². The first-order chi connectivity index (χ1) is 45.6. The Morgan fingerprint density at radius 2 is 0.703 bits per heavy atom. The lowest BCUT2D eigenvalue weighted by atomic mass is 9.66. The molecule has 0 saturated heterocycles. The molecule has 13 N–H and O–H groups in total. The van der Waals surface area contributed by atoms with Crippen LogP contribution in [0.3, 0.4) is 0 Å². The highest BCUT2D eigenvalue weighted by atomic mass is 16.4. The van der Waals surface area contributed by atoms with Gasteiger partial charge in [-0.2, -0.15) is 0 Å². The number of ketones is 12. The molecule has 2 rings (SSSR count). The topological polar surface area (TPSA) is 673 Å². The lowest BCUT2D eigenvalue weighted by Crippen LogP contribution is -2.43. The summed E-state index contributed by atoms with van der Waals surface area (Å²) in [6.07, 6.45) is 7.40. The highest BCUT2D eigenvalue weighted by Crippen LogP contribution is 2.46. The maximum absolute atomic E-state index is 10.8. The molecule has 2 aliphatic carbocycles. The predicted octanol–water partition coefficient (Wildman–Crippen LogP) is 4.30. The zero-order chi connectivity index (χ0) is 82.7. The van der Waals surface area contributed by atoms with Gasteiger partial charge in [0.25, 0.3) is 0 Å². The number of allylic oxidation sites excluding steroid dienone is 2. The Balaban J connectivity index is -0.000000112. The van der Waals surface area contributed by atoms with Crippen LogP contribution >= 0.6 is 0 Å². The van der Waals surface area contributed by atoms with Gasteiger partial charge < -0.3 is 80.8 Å². The van der Waals surface area contributed by atoms with Crippen LogP contribution in [-0.4, -0.2) is 214 Å². The van der Waals surface area contributed by atoms with E-state index in [-0.39, 0.29) is 89.9 Å². The second-order valence-corrected chi connectivity index (χ2v) is 21.7. The average molecular weight is 1460 g/mol. The normalized spacial score (nSPS) is 12.0. The Morgan fingerprint density at radius 3 is 0.802 bits per heavy atom. The number of aliphatic hydroxyl groups is 1. The summed E-state index contributed by atoms with van der Waals surface area (Å²) in [7, 11) is 0. The van der Waals surface area contributed by atoms with E-state index in [4.69, 9.17) is 66.4 Å². The van der Waals surface area contributed by atoms with Crippen molar-refractivity contribution >= 4 is 141 Å². The first-order valence-electron chi connectivity index (χ1n) is 29.4. The van der Waals surface area contributed by atoms with Gasteiger partial charge >= 0.3 is 71.6 Å². The molecule has 0 amide bonds. The van der Waals surface area contributed by atoms with Gasteiger partial charge in [-0.3, -0.25) is 86.3 Å². The zero-order valence-corrected chi connectivity index (χ0v) is 58.9. The molecule has 101 heavy (non-hydrogen) atoms. The minimum atomic E-state index is -1.38. The molecular weight excluding hydrogens is 1360 g/mol. The number of hydrogen-bond donors (Lipinski definition) is 13. The largest absolute Gasteiger partial charge is 0.481 e. The molecule has 0 spiro atoms. The summed E-state index contributed by atoms with van der Waals surface area (Å²) in [6, 6.07) is 0. The highest BCUT2D eigenvalue weighted by molar-refractivity contribution is 6.31. The van der Waals surface area contributed by atoms with Crippen LogP contribution in [0.2, 0.25) is 0 Å². The minimum absolute atomic E-state index is 0.0463. The van der Waals surface area contributed by atoms with Crippen molar-refractivity contribution in [3.05, 3.63) is 24.3 Å². The van der Waals surface area contributed by atoms with Gasteiger partial charge in [0.1, 0.15) is 81.0 Å². The fraction of sp³-hybridized carbons (Fsp3) is 0.562. The van der Waals surface area contributed by atoms with E-state index >= 15 is 0 Å². The summed E-state index contributed by atoms with van der Waals surface area (Å²) in [5, 5.41) is 106. The maximum Gasteiger partial charge on any atom is 0.371 e. The number of carboxylic acid groups (broad SMARTS) is 12. The van der Waals surface area contributed by atoms with E-state index < -0.39 is 118 Å². The van der Waals surface area contributed by atoms with Crippen molar-refractivity contribution in [1.82, 2.24) is 0 Å². The Hall–Kier alpha value is -10.9. The number of aliphatic hydroxyl groups excluding tert-OH is 1. The van der Waals surface area contributed by atoms with Crippen molar-refractivity contribution < 1.29 is 181 Å². The summed E-state index contributed by atoms with van der Waals surface area (Å²) in [5.41, 5.74) is -3.19. The van der Waals surface area contributed by atoms with Crippen molar-refractivity contribution in [3.8, 4) is 0 Å². The van der Waals surface area contributed by atoms with Crippen LogP contribution in [0.4, 0.5) is 0 Å². The molecule has 574 valence electrons.